The lowest BCUT2D eigenvalue weighted by molar-refractivity contribution is -0.539. The van der Waals surface area contributed by atoms with Crippen molar-refractivity contribution in [2.24, 2.45) is 5.73 Å². The third-order valence-corrected chi connectivity index (χ3v) is 3.01. The zero-order valence-corrected chi connectivity index (χ0v) is 10.5. The highest BCUT2D eigenvalue weighted by Gasteiger charge is 2.37. The van der Waals surface area contributed by atoms with Crippen LogP contribution in [0.1, 0.15) is 6.92 Å². The molecule has 1 aromatic rings. The van der Waals surface area contributed by atoms with Crippen LogP contribution in [0.25, 0.3) is 0 Å². The smallest absolute Gasteiger partial charge is 0.310 e. The Hall–Kier alpha value is -2.34. The van der Waals surface area contributed by atoms with Gasteiger partial charge in [-0.3, -0.25) is 15.8 Å². The van der Waals surface area contributed by atoms with Crippen molar-refractivity contribution in [2.45, 2.75) is 18.1 Å². The Morgan fingerprint density at radius 1 is 1.26 bits per heavy atom. The van der Waals surface area contributed by atoms with Gasteiger partial charge in [0.25, 0.3) is 0 Å². The summed E-state index contributed by atoms with van der Waals surface area (Å²) in [5, 5.41) is 14.1. The van der Waals surface area contributed by atoms with E-state index in [9.17, 15) is 10.1 Å². The summed E-state index contributed by atoms with van der Waals surface area (Å²) < 4.78 is 0. The molecule has 1 aromatic carbocycles. The van der Waals surface area contributed by atoms with Gasteiger partial charge in [-0.15, -0.1) is 0 Å². The van der Waals surface area contributed by atoms with E-state index in [1.54, 1.807) is 24.3 Å². The molecule has 0 radical (unpaired) electrons. The zero-order chi connectivity index (χ0) is 14.1. The predicted octanol–water partition coefficient (Wildman–Crippen LogP) is 1.50. The van der Waals surface area contributed by atoms with Gasteiger partial charge in [0.2, 0.25) is 0 Å². The Kier molecular flexibility index (Phi) is 3.03. The molecule has 6 nitrogen and oxygen atoms in total. The van der Waals surface area contributed by atoms with Crippen molar-refractivity contribution in [1.82, 2.24) is 0 Å². The highest BCUT2D eigenvalue weighted by molar-refractivity contribution is 5.57. The quantitative estimate of drug-likeness (QED) is 0.251. The molecule has 100 valence electrons. The number of hydrogen-bond acceptors (Lipinski definition) is 5. The molecule has 1 aliphatic rings. The van der Waals surface area contributed by atoms with Gasteiger partial charge in [0.15, 0.2) is 0 Å². The van der Waals surface area contributed by atoms with E-state index in [2.05, 4.69) is 5.32 Å². The first kappa shape index (κ1) is 13.1. The lowest BCUT2D eigenvalue weighted by atomic mass is 9.91. The average molecular weight is 260 g/mol. The number of rotatable bonds is 3. The maximum Gasteiger partial charge on any atom is 0.310 e. The van der Waals surface area contributed by atoms with Crippen molar-refractivity contribution in [2.75, 3.05) is 11.1 Å². The molecule has 0 amide bonds. The van der Waals surface area contributed by atoms with E-state index < -0.39 is 16.1 Å². The van der Waals surface area contributed by atoms with Crippen LogP contribution in [0.2, 0.25) is 0 Å². The minimum absolute atomic E-state index is 0.528. The summed E-state index contributed by atoms with van der Waals surface area (Å²) in [5.41, 5.74) is 10.6. The molecule has 19 heavy (non-hydrogen) atoms. The second-order valence-electron chi connectivity index (χ2n) is 4.84. The van der Waals surface area contributed by atoms with Gasteiger partial charge in [0.1, 0.15) is 0 Å². The predicted molar refractivity (Wildman–Crippen MR) is 75.1 cm³/mol. The van der Waals surface area contributed by atoms with Gasteiger partial charge >= 0.3 is 5.66 Å². The summed E-state index contributed by atoms with van der Waals surface area (Å²) in [6.07, 6.45) is 6.12. The number of nitro groups is 1. The van der Waals surface area contributed by atoms with Crippen LogP contribution in [-0.2, 0) is 0 Å². The molecule has 0 bridgehead atoms. The van der Waals surface area contributed by atoms with Gasteiger partial charge in [-0.05, 0) is 25.1 Å². The number of hydrogen-bond donors (Lipinski definition) is 3. The van der Waals surface area contributed by atoms with Crippen molar-refractivity contribution in [1.29, 1.82) is 0 Å². The summed E-state index contributed by atoms with van der Waals surface area (Å²) >= 11 is 0. The Labute approximate surface area is 110 Å². The van der Waals surface area contributed by atoms with Crippen molar-refractivity contribution in [3.63, 3.8) is 0 Å². The van der Waals surface area contributed by atoms with Gasteiger partial charge in [-0.25, -0.2) is 0 Å². The summed E-state index contributed by atoms with van der Waals surface area (Å²) in [6.45, 7) is 1.89. The van der Waals surface area contributed by atoms with E-state index in [4.69, 9.17) is 11.5 Å². The second kappa shape index (κ2) is 4.40. The fourth-order valence-electron chi connectivity index (χ4n) is 1.86. The fraction of sp³-hybridized carbons (Fsp3) is 0.231. The highest BCUT2D eigenvalue weighted by Crippen LogP contribution is 2.25. The van der Waals surface area contributed by atoms with Gasteiger partial charge in [-0.2, -0.15) is 0 Å². The van der Waals surface area contributed by atoms with E-state index in [0.717, 1.165) is 5.69 Å². The van der Waals surface area contributed by atoms with Crippen LogP contribution in [0.3, 0.4) is 0 Å². The molecule has 0 saturated heterocycles. The number of nitrogens with zero attached hydrogens (tertiary/aromatic N) is 1. The largest absolute Gasteiger partial charge is 0.399 e. The lowest BCUT2D eigenvalue weighted by Gasteiger charge is -2.30. The molecule has 0 aliphatic heterocycles. The topological polar surface area (TPSA) is 107 Å². The van der Waals surface area contributed by atoms with E-state index in [-0.39, 0.29) is 0 Å². The molecule has 0 heterocycles. The molecule has 1 aliphatic carbocycles. The van der Waals surface area contributed by atoms with Crippen molar-refractivity contribution < 1.29 is 4.92 Å². The second-order valence-corrected chi connectivity index (χ2v) is 4.84. The molecule has 0 saturated carbocycles. The van der Waals surface area contributed by atoms with Crippen LogP contribution in [-0.4, -0.2) is 16.1 Å². The van der Waals surface area contributed by atoms with E-state index in [1.165, 1.54) is 12.2 Å². The van der Waals surface area contributed by atoms with Gasteiger partial charge < -0.3 is 11.1 Å². The van der Waals surface area contributed by atoms with E-state index in [0.29, 0.717) is 5.69 Å². The SMILES string of the molecule is CC1(Nc2cccc(N)c2)C=CC(N)([N+](=O)[O-])C=C1. The maximum absolute atomic E-state index is 10.8. The standard InChI is InChI=1S/C13H16N4O2/c1-12(16-11-4-2-3-10(14)9-11)5-7-13(15,8-6-12)17(18)19/h2-9,16H,14-15H2,1H3. The number of nitrogens with one attached hydrogen (secondary N) is 1. The monoisotopic (exact) mass is 260 g/mol. The number of benzene rings is 1. The van der Waals surface area contributed by atoms with Crippen molar-refractivity contribution in [3.8, 4) is 0 Å². The molecule has 0 fully saturated rings. The third kappa shape index (κ3) is 2.74. The first-order valence-corrected chi connectivity index (χ1v) is 5.81. The third-order valence-electron chi connectivity index (χ3n) is 3.01. The van der Waals surface area contributed by atoms with Crippen molar-refractivity contribution in [3.05, 3.63) is 58.7 Å². The highest BCUT2D eigenvalue weighted by atomic mass is 16.6. The summed E-state index contributed by atoms with van der Waals surface area (Å²) in [6, 6.07) is 7.30. The molecule has 2 rings (SSSR count). The van der Waals surface area contributed by atoms with Crippen LogP contribution in [0.4, 0.5) is 11.4 Å². The van der Waals surface area contributed by atoms with Crippen LogP contribution in [0.15, 0.2) is 48.6 Å². The average Bonchev–Trinajstić information content (AvgIpc) is 2.33. The fourth-order valence-corrected chi connectivity index (χ4v) is 1.86. The summed E-state index contributed by atoms with van der Waals surface area (Å²) in [5.74, 6) is 0. The number of nitrogen functional groups attached to an aromatic ring is 1. The van der Waals surface area contributed by atoms with Crippen molar-refractivity contribution >= 4 is 11.4 Å². The van der Waals surface area contributed by atoms with E-state index >= 15 is 0 Å². The minimum Gasteiger partial charge on any atom is -0.399 e. The Bertz CT molecular complexity index is 552. The maximum atomic E-state index is 10.8. The van der Waals surface area contributed by atoms with Gasteiger partial charge in [0, 0.05) is 23.5 Å². The molecule has 0 aromatic heterocycles. The molecular formula is C13H16N4O2. The zero-order valence-electron chi connectivity index (χ0n) is 10.5. The minimum atomic E-state index is -1.63. The molecule has 0 unspecified atom stereocenters. The number of anilines is 2. The molecule has 5 N–H and O–H groups in total. The lowest BCUT2D eigenvalue weighted by Crippen LogP contribution is -2.47. The Morgan fingerprint density at radius 3 is 2.42 bits per heavy atom. The summed E-state index contributed by atoms with van der Waals surface area (Å²) in [4.78, 5) is 10.3. The Balaban J connectivity index is 2.19. The molecular weight excluding hydrogens is 244 g/mol. The summed E-state index contributed by atoms with van der Waals surface area (Å²) in [7, 11) is 0. The molecule has 6 heteroatoms. The van der Waals surface area contributed by atoms with Gasteiger partial charge in [0.05, 0.1) is 10.5 Å². The van der Waals surface area contributed by atoms with Gasteiger partial charge in [-0.1, -0.05) is 18.2 Å². The van der Waals surface area contributed by atoms with Crippen LogP contribution in [0, 0.1) is 10.1 Å². The number of nitrogens with two attached hydrogens (primary N) is 2. The Morgan fingerprint density at radius 2 is 1.89 bits per heavy atom. The molecule has 0 atom stereocenters. The normalized spacial score (nSPS) is 29.2. The first-order chi connectivity index (χ1) is 8.83. The van der Waals surface area contributed by atoms with Crippen LogP contribution in [0.5, 0.6) is 0 Å². The van der Waals surface area contributed by atoms with E-state index in [1.807, 2.05) is 19.1 Å². The van der Waals surface area contributed by atoms with Crippen LogP contribution < -0.4 is 16.8 Å². The molecule has 0 spiro atoms. The first-order valence-electron chi connectivity index (χ1n) is 5.81. The van der Waals surface area contributed by atoms with Crippen LogP contribution >= 0.6 is 0 Å².